The average molecular weight is 432 g/mol. The number of benzene rings is 2. The van der Waals surface area contributed by atoms with Crippen LogP contribution in [0.5, 0.6) is 0 Å². The maximum Gasteiger partial charge on any atom is 0.395 e. The second-order valence-corrected chi connectivity index (χ2v) is 7.96. The van der Waals surface area contributed by atoms with Crippen molar-refractivity contribution in [1.82, 2.24) is 0 Å². The van der Waals surface area contributed by atoms with Crippen molar-refractivity contribution in [2.75, 3.05) is 11.5 Å². The van der Waals surface area contributed by atoms with Crippen LogP contribution in [-0.2, 0) is 4.79 Å². The maximum absolute atomic E-state index is 13.6. The van der Waals surface area contributed by atoms with Crippen LogP contribution >= 0.6 is 23.4 Å². The van der Waals surface area contributed by atoms with E-state index in [1.807, 2.05) is 30.3 Å². The van der Waals surface area contributed by atoms with Crippen LogP contribution in [0.2, 0.25) is 5.02 Å². The maximum atomic E-state index is 13.6. The van der Waals surface area contributed by atoms with Gasteiger partial charge in [-0.2, -0.15) is 24.9 Å². The van der Waals surface area contributed by atoms with Crippen LogP contribution in [0.1, 0.15) is 24.3 Å². The summed E-state index contributed by atoms with van der Waals surface area (Å²) >= 11 is 7.47. The van der Waals surface area contributed by atoms with E-state index in [0.29, 0.717) is 5.75 Å². The molecular formula is C20H21ClF3NO2S. The third-order valence-corrected chi connectivity index (χ3v) is 5.70. The molecule has 0 saturated heterocycles. The first kappa shape index (κ1) is 22.6. The first-order valence-electron chi connectivity index (χ1n) is 8.68. The topological polar surface area (TPSA) is 63.3 Å². The van der Waals surface area contributed by atoms with Crippen LogP contribution in [0, 0.1) is 0 Å². The first-order chi connectivity index (χ1) is 13.2. The number of hydrogen-bond donors (Lipinski definition) is 2. The van der Waals surface area contributed by atoms with Crippen molar-refractivity contribution in [2.45, 2.75) is 31.0 Å². The van der Waals surface area contributed by atoms with Crippen LogP contribution in [-0.4, -0.2) is 34.8 Å². The number of rotatable bonds is 9. The van der Waals surface area contributed by atoms with Gasteiger partial charge in [0, 0.05) is 5.02 Å². The van der Waals surface area contributed by atoms with E-state index < -0.39 is 24.1 Å². The lowest BCUT2D eigenvalue weighted by Crippen LogP contribution is -2.30. The number of halogens is 4. The largest absolute Gasteiger partial charge is 0.480 e. The summed E-state index contributed by atoms with van der Waals surface area (Å²) in [4.78, 5) is 10.7. The van der Waals surface area contributed by atoms with Crippen molar-refractivity contribution in [1.29, 1.82) is 0 Å². The number of thioether (sulfide) groups is 1. The van der Waals surface area contributed by atoms with E-state index in [1.165, 1.54) is 17.8 Å². The van der Waals surface area contributed by atoms with Crippen molar-refractivity contribution in [3.63, 3.8) is 0 Å². The number of alkyl halides is 3. The quantitative estimate of drug-likeness (QED) is 0.509. The summed E-state index contributed by atoms with van der Waals surface area (Å²) in [6, 6.07) is 12.9. The van der Waals surface area contributed by atoms with Crippen LogP contribution < -0.4 is 5.73 Å². The summed E-state index contributed by atoms with van der Waals surface area (Å²) in [7, 11) is 0. The highest BCUT2D eigenvalue weighted by Crippen LogP contribution is 2.42. The molecule has 2 aromatic carbocycles. The Kier molecular flexibility index (Phi) is 8.22. The molecule has 2 rings (SSSR count). The number of carbonyl (C=O) groups is 1. The zero-order valence-corrected chi connectivity index (χ0v) is 16.5. The Labute approximate surface area is 171 Å². The van der Waals surface area contributed by atoms with Gasteiger partial charge < -0.3 is 10.8 Å². The molecule has 152 valence electrons. The van der Waals surface area contributed by atoms with E-state index in [1.54, 1.807) is 12.1 Å². The lowest BCUT2D eigenvalue weighted by molar-refractivity contribution is -0.150. The molecule has 2 atom stereocenters. The van der Waals surface area contributed by atoms with Gasteiger partial charge in [0.1, 0.15) is 6.04 Å². The number of nitrogens with two attached hydrogens (primary N) is 1. The lowest BCUT2D eigenvalue weighted by Gasteiger charge is -2.22. The molecule has 0 fully saturated rings. The molecule has 2 unspecified atom stereocenters. The molecule has 28 heavy (non-hydrogen) atoms. The van der Waals surface area contributed by atoms with Crippen molar-refractivity contribution >= 4 is 29.3 Å². The number of aliphatic carboxylic acids is 1. The third-order valence-electron chi connectivity index (χ3n) is 4.32. The summed E-state index contributed by atoms with van der Waals surface area (Å²) in [5.74, 6) is -2.17. The van der Waals surface area contributed by atoms with E-state index in [2.05, 4.69) is 0 Å². The minimum atomic E-state index is -4.42. The van der Waals surface area contributed by atoms with E-state index in [4.69, 9.17) is 22.4 Å². The number of carboxylic acids is 1. The minimum Gasteiger partial charge on any atom is -0.480 e. The van der Waals surface area contributed by atoms with Gasteiger partial charge in [0.15, 0.2) is 0 Å². The van der Waals surface area contributed by atoms with Crippen molar-refractivity contribution in [3.8, 4) is 11.1 Å². The predicted molar refractivity (Wildman–Crippen MR) is 108 cm³/mol. The summed E-state index contributed by atoms with van der Waals surface area (Å²) in [5.41, 5.74) is 7.08. The highest BCUT2D eigenvalue weighted by Gasteiger charge is 2.41. The molecule has 3 N–H and O–H groups in total. The minimum absolute atomic E-state index is 0.0525. The fraction of sp³-hybridized carbons (Fsp3) is 0.350. The highest BCUT2D eigenvalue weighted by molar-refractivity contribution is 7.99. The second kappa shape index (κ2) is 10.2. The Morgan fingerprint density at radius 3 is 2.29 bits per heavy atom. The second-order valence-electron chi connectivity index (χ2n) is 6.33. The Balaban J connectivity index is 2.06. The van der Waals surface area contributed by atoms with Crippen LogP contribution in [0.4, 0.5) is 13.2 Å². The van der Waals surface area contributed by atoms with Crippen molar-refractivity contribution < 1.29 is 23.1 Å². The molecule has 0 saturated carbocycles. The van der Waals surface area contributed by atoms with Gasteiger partial charge in [-0.25, -0.2) is 0 Å². The van der Waals surface area contributed by atoms with Gasteiger partial charge in [-0.3, -0.25) is 4.79 Å². The zero-order valence-electron chi connectivity index (χ0n) is 15.0. The number of carboxylic acid groups (broad SMARTS) is 1. The Bertz CT molecular complexity index is 787. The summed E-state index contributed by atoms with van der Waals surface area (Å²) in [6.07, 6.45) is -4.35. The Morgan fingerprint density at radius 2 is 1.71 bits per heavy atom. The fourth-order valence-electron chi connectivity index (χ4n) is 2.75. The summed E-state index contributed by atoms with van der Waals surface area (Å²) < 4.78 is 40.8. The highest BCUT2D eigenvalue weighted by atomic mass is 35.5. The lowest BCUT2D eigenvalue weighted by atomic mass is 9.93. The van der Waals surface area contributed by atoms with Crippen LogP contribution in [0.25, 0.3) is 11.1 Å². The zero-order chi connectivity index (χ0) is 20.7. The molecule has 0 aliphatic heterocycles. The molecule has 0 aliphatic rings. The third kappa shape index (κ3) is 6.43. The molecule has 0 aromatic heterocycles. The van der Waals surface area contributed by atoms with Gasteiger partial charge in [-0.05, 0) is 47.1 Å². The molecule has 2 aromatic rings. The van der Waals surface area contributed by atoms with Crippen molar-refractivity contribution in [2.24, 2.45) is 5.73 Å². The molecule has 8 heteroatoms. The normalized spacial score (nSPS) is 13.9. The molecule has 0 aliphatic carbocycles. The first-order valence-corrected chi connectivity index (χ1v) is 10.2. The monoisotopic (exact) mass is 431 g/mol. The van der Waals surface area contributed by atoms with Crippen molar-refractivity contribution in [3.05, 3.63) is 59.1 Å². The fourth-order valence-corrected chi connectivity index (χ4v) is 4.09. The van der Waals surface area contributed by atoms with E-state index in [-0.39, 0.29) is 29.2 Å². The molecule has 0 heterocycles. The molecule has 0 amide bonds. The van der Waals surface area contributed by atoms with Crippen LogP contribution in [0.3, 0.4) is 0 Å². The Hall–Kier alpha value is -1.70. The summed E-state index contributed by atoms with van der Waals surface area (Å²) in [5, 5.41) is 8.80. The smallest absolute Gasteiger partial charge is 0.395 e. The predicted octanol–water partition coefficient (Wildman–Crippen LogP) is 5.58. The molecular weight excluding hydrogens is 411 g/mol. The number of hydrogen-bond acceptors (Lipinski definition) is 3. The Morgan fingerprint density at radius 1 is 1.07 bits per heavy atom. The standard InChI is InChI=1S/C20H21ClF3NO2S/c21-17-12-14(13-4-2-1-3-5-13)6-7-15(17)16(20(22,23)24)8-10-28-11-9-18(25)19(26)27/h1-7,12,16,18H,8-11,25H2,(H,26,27). The van der Waals surface area contributed by atoms with E-state index in [9.17, 15) is 18.0 Å². The van der Waals surface area contributed by atoms with Gasteiger partial charge in [0.05, 0.1) is 5.92 Å². The van der Waals surface area contributed by atoms with Crippen LogP contribution in [0.15, 0.2) is 48.5 Å². The molecule has 3 nitrogen and oxygen atoms in total. The average Bonchev–Trinajstić information content (AvgIpc) is 2.64. The van der Waals surface area contributed by atoms with E-state index in [0.717, 1.165) is 11.1 Å². The van der Waals surface area contributed by atoms with E-state index >= 15 is 0 Å². The van der Waals surface area contributed by atoms with Gasteiger partial charge in [-0.1, -0.05) is 54.1 Å². The SMILES string of the molecule is NC(CCSCCC(c1ccc(-c2ccccc2)cc1Cl)C(F)(F)F)C(=O)O. The molecule has 0 radical (unpaired) electrons. The van der Waals surface area contributed by atoms with Gasteiger partial charge >= 0.3 is 12.1 Å². The van der Waals surface area contributed by atoms with Gasteiger partial charge in [0.2, 0.25) is 0 Å². The van der Waals surface area contributed by atoms with Gasteiger partial charge in [0.25, 0.3) is 0 Å². The summed E-state index contributed by atoms with van der Waals surface area (Å²) in [6.45, 7) is 0. The molecule has 0 spiro atoms. The van der Waals surface area contributed by atoms with Gasteiger partial charge in [-0.15, -0.1) is 0 Å². The molecule has 0 bridgehead atoms.